The number of rotatable bonds is 3. The molecule has 0 radical (unpaired) electrons. The summed E-state index contributed by atoms with van der Waals surface area (Å²) in [7, 11) is 0. The third-order valence-corrected chi connectivity index (χ3v) is 3.29. The van der Waals surface area contributed by atoms with E-state index in [1.165, 1.54) is 6.20 Å². The van der Waals surface area contributed by atoms with Crippen molar-refractivity contribution in [2.75, 3.05) is 0 Å². The molecule has 4 heteroatoms. The number of aromatic nitrogens is 2. The van der Waals surface area contributed by atoms with E-state index < -0.39 is 6.43 Å². The predicted octanol–water partition coefficient (Wildman–Crippen LogP) is 4.79. The highest BCUT2D eigenvalue weighted by atomic mass is 19.3. The number of aryl methyl sites for hydroxylation is 1. The number of hydrogen-bond acceptors (Lipinski definition) is 1. The number of benzene rings is 2. The van der Waals surface area contributed by atoms with E-state index in [4.69, 9.17) is 0 Å². The zero-order valence-corrected chi connectivity index (χ0v) is 11.5. The van der Waals surface area contributed by atoms with Crippen LogP contribution in [0.4, 0.5) is 8.78 Å². The van der Waals surface area contributed by atoms with Crippen LogP contribution in [0.3, 0.4) is 0 Å². The van der Waals surface area contributed by atoms with Crippen LogP contribution in [-0.4, -0.2) is 9.55 Å². The topological polar surface area (TPSA) is 17.8 Å². The standard InChI is InChI=1S/C17H14F2N2/c1-12-7-9-14(10-8-12)21-11-15(16(18)19)20-17(21)13-5-3-2-4-6-13/h2-11,16H,1H3. The van der Waals surface area contributed by atoms with Crippen molar-refractivity contribution >= 4 is 0 Å². The molecule has 1 heterocycles. The highest BCUT2D eigenvalue weighted by Crippen LogP contribution is 2.27. The molecule has 0 saturated carbocycles. The van der Waals surface area contributed by atoms with Gasteiger partial charge < -0.3 is 0 Å². The first-order valence-electron chi connectivity index (χ1n) is 6.65. The van der Waals surface area contributed by atoms with Crippen molar-refractivity contribution in [2.45, 2.75) is 13.3 Å². The highest BCUT2D eigenvalue weighted by molar-refractivity contribution is 5.59. The van der Waals surface area contributed by atoms with Gasteiger partial charge in [0.1, 0.15) is 11.5 Å². The van der Waals surface area contributed by atoms with Crippen LogP contribution in [0.15, 0.2) is 60.8 Å². The summed E-state index contributed by atoms with van der Waals surface area (Å²) in [5.74, 6) is 0.523. The van der Waals surface area contributed by atoms with Crippen LogP contribution in [-0.2, 0) is 0 Å². The smallest absolute Gasteiger partial charge is 0.281 e. The maximum absolute atomic E-state index is 13.0. The van der Waals surface area contributed by atoms with Crippen molar-refractivity contribution in [3.63, 3.8) is 0 Å². The molecule has 0 aliphatic rings. The van der Waals surface area contributed by atoms with Gasteiger partial charge in [0.15, 0.2) is 0 Å². The Bertz CT molecular complexity index is 731. The third-order valence-electron chi connectivity index (χ3n) is 3.29. The van der Waals surface area contributed by atoms with Gasteiger partial charge >= 0.3 is 0 Å². The first-order valence-corrected chi connectivity index (χ1v) is 6.65. The fourth-order valence-corrected chi connectivity index (χ4v) is 2.20. The lowest BCUT2D eigenvalue weighted by Gasteiger charge is -2.08. The molecule has 0 fully saturated rings. The molecular weight excluding hydrogens is 270 g/mol. The van der Waals surface area contributed by atoms with Gasteiger partial charge in [0.2, 0.25) is 0 Å². The largest absolute Gasteiger partial charge is 0.299 e. The molecule has 106 valence electrons. The molecule has 3 rings (SSSR count). The van der Waals surface area contributed by atoms with Crippen molar-refractivity contribution in [1.29, 1.82) is 0 Å². The highest BCUT2D eigenvalue weighted by Gasteiger charge is 2.17. The second-order valence-corrected chi connectivity index (χ2v) is 4.86. The van der Waals surface area contributed by atoms with Gasteiger partial charge in [0.05, 0.1) is 0 Å². The third kappa shape index (κ3) is 2.70. The Kier molecular flexibility index (Phi) is 3.52. The summed E-state index contributed by atoms with van der Waals surface area (Å²) in [4.78, 5) is 4.09. The molecule has 0 bridgehead atoms. The SMILES string of the molecule is Cc1ccc(-n2cc(C(F)F)nc2-c2ccccc2)cc1. The molecule has 0 saturated heterocycles. The Balaban J connectivity index is 2.16. The van der Waals surface area contributed by atoms with E-state index in [0.29, 0.717) is 5.82 Å². The minimum atomic E-state index is -2.58. The van der Waals surface area contributed by atoms with Gasteiger partial charge in [-0.2, -0.15) is 0 Å². The van der Waals surface area contributed by atoms with Crippen LogP contribution < -0.4 is 0 Å². The Labute approximate surface area is 121 Å². The molecule has 0 aliphatic heterocycles. The summed E-state index contributed by atoms with van der Waals surface area (Å²) in [5.41, 5.74) is 2.53. The van der Waals surface area contributed by atoms with Gasteiger partial charge in [-0.3, -0.25) is 4.57 Å². The molecule has 0 spiro atoms. The van der Waals surface area contributed by atoms with Crippen molar-refractivity contribution in [1.82, 2.24) is 9.55 Å². The lowest BCUT2D eigenvalue weighted by atomic mass is 10.2. The average Bonchev–Trinajstić information content (AvgIpc) is 2.94. The molecule has 2 aromatic carbocycles. The Morgan fingerprint density at radius 1 is 0.952 bits per heavy atom. The number of alkyl halides is 2. The van der Waals surface area contributed by atoms with E-state index in [1.807, 2.05) is 61.5 Å². The van der Waals surface area contributed by atoms with E-state index in [2.05, 4.69) is 4.98 Å². The van der Waals surface area contributed by atoms with Crippen molar-refractivity contribution in [3.05, 3.63) is 72.1 Å². The van der Waals surface area contributed by atoms with E-state index in [9.17, 15) is 8.78 Å². The van der Waals surface area contributed by atoms with Crippen LogP contribution in [0, 0.1) is 6.92 Å². The van der Waals surface area contributed by atoms with Crippen molar-refractivity contribution < 1.29 is 8.78 Å². The van der Waals surface area contributed by atoms with Crippen molar-refractivity contribution in [3.8, 4) is 17.1 Å². The summed E-state index contributed by atoms with van der Waals surface area (Å²) >= 11 is 0. The molecule has 0 N–H and O–H groups in total. The molecule has 1 aromatic heterocycles. The molecule has 21 heavy (non-hydrogen) atoms. The van der Waals surface area contributed by atoms with Crippen LogP contribution in [0.25, 0.3) is 17.1 Å². The quantitative estimate of drug-likeness (QED) is 0.676. The second kappa shape index (κ2) is 5.48. The minimum Gasteiger partial charge on any atom is -0.299 e. The average molecular weight is 284 g/mol. The van der Waals surface area contributed by atoms with Crippen LogP contribution >= 0.6 is 0 Å². The van der Waals surface area contributed by atoms with Crippen molar-refractivity contribution in [2.24, 2.45) is 0 Å². The maximum atomic E-state index is 13.0. The van der Waals surface area contributed by atoms with Gasteiger partial charge in [-0.05, 0) is 19.1 Å². The van der Waals surface area contributed by atoms with E-state index in [1.54, 1.807) is 4.57 Å². The molecular formula is C17H14F2N2. The minimum absolute atomic E-state index is 0.213. The fourth-order valence-electron chi connectivity index (χ4n) is 2.20. The molecule has 3 aromatic rings. The monoisotopic (exact) mass is 284 g/mol. The fraction of sp³-hybridized carbons (Fsp3) is 0.118. The molecule has 0 unspecified atom stereocenters. The van der Waals surface area contributed by atoms with Gasteiger partial charge in [-0.1, -0.05) is 48.0 Å². The van der Waals surface area contributed by atoms with E-state index >= 15 is 0 Å². The number of hydrogen-bond donors (Lipinski definition) is 0. The van der Waals surface area contributed by atoms with Gasteiger partial charge in [-0.25, -0.2) is 13.8 Å². The first kappa shape index (κ1) is 13.5. The molecule has 0 atom stereocenters. The lowest BCUT2D eigenvalue weighted by molar-refractivity contribution is 0.146. The summed E-state index contributed by atoms with van der Waals surface area (Å²) in [6, 6.07) is 17.0. The zero-order valence-electron chi connectivity index (χ0n) is 11.5. The van der Waals surface area contributed by atoms with Gasteiger partial charge in [0.25, 0.3) is 6.43 Å². The normalized spacial score (nSPS) is 11.0. The summed E-state index contributed by atoms with van der Waals surface area (Å²) in [6.07, 6.45) is -1.18. The zero-order chi connectivity index (χ0) is 14.8. The Morgan fingerprint density at radius 3 is 2.24 bits per heavy atom. The Morgan fingerprint density at radius 2 is 1.62 bits per heavy atom. The van der Waals surface area contributed by atoms with E-state index in [-0.39, 0.29) is 5.69 Å². The van der Waals surface area contributed by atoms with Crippen LogP contribution in [0.5, 0.6) is 0 Å². The molecule has 0 amide bonds. The maximum Gasteiger partial charge on any atom is 0.281 e. The van der Waals surface area contributed by atoms with Crippen LogP contribution in [0.1, 0.15) is 17.7 Å². The number of nitrogens with zero attached hydrogens (tertiary/aromatic N) is 2. The molecule has 0 aliphatic carbocycles. The predicted molar refractivity (Wildman–Crippen MR) is 78.7 cm³/mol. The Hall–Kier alpha value is -2.49. The summed E-state index contributed by atoms with van der Waals surface area (Å²) < 4.78 is 27.7. The van der Waals surface area contributed by atoms with Gasteiger partial charge in [-0.15, -0.1) is 0 Å². The first-order chi connectivity index (χ1) is 10.1. The van der Waals surface area contributed by atoms with Crippen LogP contribution in [0.2, 0.25) is 0 Å². The second-order valence-electron chi connectivity index (χ2n) is 4.86. The number of imidazole rings is 1. The molecule has 2 nitrogen and oxygen atoms in total. The summed E-state index contributed by atoms with van der Waals surface area (Å²) in [6.45, 7) is 1.99. The van der Waals surface area contributed by atoms with Gasteiger partial charge in [0, 0.05) is 17.4 Å². The number of halogens is 2. The lowest BCUT2D eigenvalue weighted by Crippen LogP contribution is -1.95. The van der Waals surface area contributed by atoms with E-state index in [0.717, 1.165) is 16.8 Å². The summed E-state index contributed by atoms with van der Waals surface area (Å²) in [5, 5.41) is 0.